The number of carbonyl (C=O) groups is 3. The van der Waals surface area contributed by atoms with Gasteiger partial charge in [0.15, 0.2) is 5.78 Å². The van der Waals surface area contributed by atoms with Gasteiger partial charge in [0.2, 0.25) is 5.91 Å². The van der Waals surface area contributed by atoms with Crippen LogP contribution in [0.5, 0.6) is 5.75 Å². The lowest BCUT2D eigenvalue weighted by Crippen LogP contribution is -2.11. The highest BCUT2D eigenvalue weighted by molar-refractivity contribution is 5.97. The van der Waals surface area contributed by atoms with E-state index >= 15 is 0 Å². The summed E-state index contributed by atoms with van der Waals surface area (Å²) in [7, 11) is 0. The molecule has 2 rings (SSSR count). The highest BCUT2D eigenvalue weighted by Gasteiger charge is 2.11. The van der Waals surface area contributed by atoms with Gasteiger partial charge in [0.05, 0.1) is 6.42 Å². The molecule has 1 amide bonds. The summed E-state index contributed by atoms with van der Waals surface area (Å²) in [6.07, 6.45) is 1.04. The van der Waals surface area contributed by atoms with Crippen LogP contribution in [0, 0.1) is 0 Å². The van der Waals surface area contributed by atoms with Crippen LogP contribution in [0.4, 0.5) is 5.69 Å². The first-order chi connectivity index (χ1) is 12.0. The number of rotatable bonds is 7. The molecule has 0 radical (unpaired) electrons. The molecule has 130 valence electrons. The van der Waals surface area contributed by atoms with Crippen molar-refractivity contribution in [2.45, 2.75) is 33.1 Å². The number of hydrogen-bond acceptors (Lipinski definition) is 4. The van der Waals surface area contributed by atoms with Gasteiger partial charge in [0.25, 0.3) is 0 Å². The minimum Gasteiger partial charge on any atom is -0.427 e. The Hall–Kier alpha value is -2.95. The van der Waals surface area contributed by atoms with Crippen molar-refractivity contribution in [2.24, 2.45) is 0 Å². The molecular formula is C20H21NO4. The molecule has 2 aromatic rings. The molecule has 0 aliphatic heterocycles. The van der Waals surface area contributed by atoms with E-state index in [4.69, 9.17) is 4.74 Å². The number of anilines is 1. The third-order valence-electron chi connectivity index (χ3n) is 3.65. The number of ether oxygens (including phenoxy) is 1. The summed E-state index contributed by atoms with van der Waals surface area (Å²) in [4.78, 5) is 34.9. The monoisotopic (exact) mass is 339 g/mol. The van der Waals surface area contributed by atoms with Crippen molar-refractivity contribution in [1.82, 2.24) is 0 Å². The number of ketones is 1. The van der Waals surface area contributed by atoms with Gasteiger partial charge in [-0.15, -0.1) is 0 Å². The Morgan fingerprint density at radius 1 is 0.920 bits per heavy atom. The molecule has 0 saturated heterocycles. The van der Waals surface area contributed by atoms with Crippen LogP contribution in [0.3, 0.4) is 0 Å². The number of benzene rings is 2. The van der Waals surface area contributed by atoms with Crippen molar-refractivity contribution >= 4 is 23.3 Å². The predicted molar refractivity (Wildman–Crippen MR) is 95.8 cm³/mol. The molecule has 0 unspecified atom stereocenters. The third-order valence-corrected chi connectivity index (χ3v) is 3.65. The van der Waals surface area contributed by atoms with E-state index in [0.717, 1.165) is 6.42 Å². The Morgan fingerprint density at radius 2 is 1.56 bits per heavy atom. The third kappa shape index (κ3) is 5.88. The molecule has 2 aromatic carbocycles. The Labute approximate surface area is 147 Å². The zero-order valence-electron chi connectivity index (χ0n) is 14.4. The second-order valence-corrected chi connectivity index (χ2v) is 5.65. The molecule has 5 heteroatoms. The first-order valence-corrected chi connectivity index (χ1v) is 8.18. The van der Waals surface area contributed by atoms with E-state index in [1.54, 1.807) is 36.4 Å². The van der Waals surface area contributed by atoms with Gasteiger partial charge in [0.1, 0.15) is 5.75 Å². The fourth-order valence-corrected chi connectivity index (χ4v) is 2.28. The number of nitrogens with one attached hydrogen (secondary N) is 1. The molecule has 0 saturated carbocycles. The van der Waals surface area contributed by atoms with E-state index in [2.05, 4.69) is 12.2 Å². The largest absolute Gasteiger partial charge is 0.427 e. The lowest BCUT2D eigenvalue weighted by molar-refractivity contribution is -0.134. The second-order valence-electron chi connectivity index (χ2n) is 5.65. The Kier molecular flexibility index (Phi) is 6.46. The molecule has 0 spiro atoms. The lowest BCUT2D eigenvalue weighted by atomic mass is 10.0. The molecule has 0 aliphatic rings. The molecule has 0 aromatic heterocycles. The van der Waals surface area contributed by atoms with Crippen molar-refractivity contribution in [3.05, 3.63) is 59.7 Å². The molecule has 0 atom stereocenters. The summed E-state index contributed by atoms with van der Waals surface area (Å²) in [6, 6.07) is 13.9. The van der Waals surface area contributed by atoms with Gasteiger partial charge in [0, 0.05) is 24.6 Å². The first kappa shape index (κ1) is 18.4. The Morgan fingerprint density at radius 3 is 2.12 bits per heavy atom. The van der Waals surface area contributed by atoms with Gasteiger partial charge < -0.3 is 10.1 Å². The Bertz CT molecular complexity index is 748. The van der Waals surface area contributed by atoms with Crippen molar-refractivity contribution in [2.75, 3.05) is 5.32 Å². The van der Waals surface area contributed by atoms with E-state index in [-0.39, 0.29) is 24.5 Å². The zero-order valence-corrected chi connectivity index (χ0v) is 14.4. The zero-order chi connectivity index (χ0) is 18.2. The number of hydrogen-bond donors (Lipinski definition) is 1. The van der Waals surface area contributed by atoms with Gasteiger partial charge in [-0.05, 0) is 36.2 Å². The maximum Gasteiger partial charge on any atom is 0.311 e. The quantitative estimate of drug-likeness (QED) is 0.473. The second kappa shape index (κ2) is 8.78. The highest BCUT2D eigenvalue weighted by atomic mass is 16.5. The van der Waals surface area contributed by atoms with Crippen LogP contribution in [0.1, 0.15) is 42.6 Å². The predicted octanol–water partition coefficient (Wildman–Crippen LogP) is 3.78. The van der Waals surface area contributed by atoms with E-state index < -0.39 is 5.97 Å². The van der Waals surface area contributed by atoms with Crippen molar-refractivity contribution < 1.29 is 19.1 Å². The molecule has 0 aliphatic carbocycles. The Balaban J connectivity index is 1.83. The first-order valence-electron chi connectivity index (χ1n) is 8.18. The summed E-state index contributed by atoms with van der Waals surface area (Å²) in [6.45, 7) is 3.47. The standard InChI is InChI=1S/C20H21NO4/c1-3-15-4-6-16(7-5-15)19(23)12-13-20(24)25-18-10-8-17(9-11-18)21-14(2)22/h4-11H,3,12-13H2,1-2H3,(H,21,22). The average Bonchev–Trinajstić information content (AvgIpc) is 2.61. The number of esters is 1. The van der Waals surface area contributed by atoms with Crippen LogP contribution in [0.25, 0.3) is 0 Å². The molecule has 25 heavy (non-hydrogen) atoms. The molecular weight excluding hydrogens is 318 g/mol. The molecule has 0 bridgehead atoms. The van der Waals surface area contributed by atoms with Crippen LogP contribution < -0.4 is 10.1 Å². The molecule has 0 heterocycles. The summed E-state index contributed by atoms with van der Waals surface area (Å²) < 4.78 is 5.19. The van der Waals surface area contributed by atoms with Crippen LogP contribution in [0.2, 0.25) is 0 Å². The normalized spacial score (nSPS) is 10.2. The van der Waals surface area contributed by atoms with E-state index in [0.29, 0.717) is 17.0 Å². The van der Waals surface area contributed by atoms with Crippen LogP contribution in [0.15, 0.2) is 48.5 Å². The number of carbonyl (C=O) groups excluding carboxylic acids is 3. The van der Waals surface area contributed by atoms with Crippen molar-refractivity contribution in [3.63, 3.8) is 0 Å². The van der Waals surface area contributed by atoms with E-state index in [1.165, 1.54) is 12.5 Å². The van der Waals surface area contributed by atoms with Gasteiger partial charge >= 0.3 is 5.97 Å². The molecule has 1 N–H and O–H groups in total. The molecule has 0 fully saturated rings. The number of Topliss-reactive ketones (excluding diaryl/α,β-unsaturated/α-hetero) is 1. The van der Waals surface area contributed by atoms with Gasteiger partial charge in [-0.3, -0.25) is 14.4 Å². The minimum absolute atomic E-state index is 0.0157. The maximum atomic E-state index is 12.1. The highest BCUT2D eigenvalue weighted by Crippen LogP contribution is 2.17. The van der Waals surface area contributed by atoms with Crippen LogP contribution in [-0.4, -0.2) is 17.7 Å². The number of aryl methyl sites for hydroxylation is 1. The summed E-state index contributed by atoms with van der Waals surface area (Å²) in [5, 5.41) is 2.63. The number of amides is 1. The summed E-state index contributed by atoms with van der Waals surface area (Å²) in [5.41, 5.74) is 2.39. The van der Waals surface area contributed by atoms with E-state index in [1.807, 2.05) is 12.1 Å². The maximum absolute atomic E-state index is 12.1. The SMILES string of the molecule is CCc1ccc(C(=O)CCC(=O)Oc2ccc(NC(C)=O)cc2)cc1. The van der Waals surface area contributed by atoms with Gasteiger partial charge in [-0.1, -0.05) is 31.2 Å². The topological polar surface area (TPSA) is 72.5 Å². The summed E-state index contributed by atoms with van der Waals surface area (Å²) >= 11 is 0. The molecule has 5 nitrogen and oxygen atoms in total. The average molecular weight is 339 g/mol. The van der Waals surface area contributed by atoms with Crippen LogP contribution in [-0.2, 0) is 16.0 Å². The van der Waals surface area contributed by atoms with Crippen molar-refractivity contribution in [3.8, 4) is 5.75 Å². The fraction of sp³-hybridized carbons (Fsp3) is 0.250. The fourth-order valence-electron chi connectivity index (χ4n) is 2.28. The van der Waals surface area contributed by atoms with Gasteiger partial charge in [-0.2, -0.15) is 0 Å². The van der Waals surface area contributed by atoms with Crippen molar-refractivity contribution in [1.29, 1.82) is 0 Å². The lowest BCUT2D eigenvalue weighted by Gasteiger charge is -2.06. The minimum atomic E-state index is -0.467. The smallest absolute Gasteiger partial charge is 0.311 e. The van der Waals surface area contributed by atoms with Crippen LogP contribution >= 0.6 is 0 Å². The van der Waals surface area contributed by atoms with Gasteiger partial charge in [-0.25, -0.2) is 0 Å². The van der Waals surface area contributed by atoms with E-state index in [9.17, 15) is 14.4 Å². The summed E-state index contributed by atoms with van der Waals surface area (Å²) in [5.74, 6) is -0.347.